The van der Waals surface area contributed by atoms with Gasteiger partial charge in [-0.1, -0.05) is 33.6 Å². The van der Waals surface area contributed by atoms with E-state index in [9.17, 15) is 4.79 Å². The summed E-state index contributed by atoms with van der Waals surface area (Å²) in [5.41, 5.74) is 5.77. The van der Waals surface area contributed by atoms with Crippen molar-refractivity contribution < 1.29 is 4.79 Å². The Morgan fingerprint density at radius 2 is 1.78 bits per heavy atom. The van der Waals surface area contributed by atoms with Crippen molar-refractivity contribution in [1.82, 2.24) is 5.32 Å². The minimum absolute atomic E-state index is 0.198. The highest BCUT2D eigenvalue weighted by Gasteiger charge is 2.13. The molecule has 0 aromatic heterocycles. The molecule has 3 N–H and O–H groups in total. The standard InChI is InChI=1S/C15H32N2O/c1-13(10-11-15(2,3)4)17-14(18)9-7-5-6-8-12-16/h13H,5-12,16H2,1-4H3,(H,17,18). The topological polar surface area (TPSA) is 55.1 Å². The predicted octanol–water partition coefficient (Wildman–Crippen LogP) is 3.23. The van der Waals surface area contributed by atoms with Crippen molar-refractivity contribution in [2.75, 3.05) is 6.54 Å². The first-order valence-electron chi connectivity index (χ1n) is 7.34. The molecule has 0 spiro atoms. The van der Waals surface area contributed by atoms with Gasteiger partial charge in [-0.25, -0.2) is 0 Å². The molecule has 0 rings (SSSR count). The van der Waals surface area contributed by atoms with Gasteiger partial charge in [-0.2, -0.15) is 0 Å². The largest absolute Gasteiger partial charge is 0.354 e. The smallest absolute Gasteiger partial charge is 0.220 e. The summed E-state index contributed by atoms with van der Waals surface area (Å²) < 4.78 is 0. The van der Waals surface area contributed by atoms with Crippen molar-refractivity contribution >= 4 is 5.91 Å². The number of hydrogen-bond donors (Lipinski definition) is 2. The van der Waals surface area contributed by atoms with E-state index in [2.05, 4.69) is 33.0 Å². The fourth-order valence-electron chi connectivity index (χ4n) is 1.85. The number of hydrogen-bond acceptors (Lipinski definition) is 2. The fourth-order valence-corrected chi connectivity index (χ4v) is 1.85. The van der Waals surface area contributed by atoms with E-state index >= 15 is 0 Å². The highest BCUT2D eigenvalue weighted by Crippen LogP contribution is 2.21. The van der Waals surface area contributed by atoms with Gasteiger partial charge in [0, 0.05) is 12.5 Å². The zero-order valence-corrected chi connectivity index (χ0v) is 12.7. The summed E-state index contributed by atoms with van der Waals surface area (Å²) in [6.45, 7) is 9.56. The molecule has 1 atom stereocenters. The monoisotopic (exact) mass is 256 g/mol. The van der Waals surface area contributed by atoms with Crippen LogP contribution in [0.5, 0.6) is 0 Å². The van der Waals surface area contributed by atoms with E-state index in [1.54, 1.807) is 0 Å². The number of carbonyl (C=O) groups excluding carboxylic acids is 1. The summed E-state index contributed by atoms with van der Waals surface area (Å²) >= 11 is 0. The van der Waals surface area contributed by atoms with Crippen molar-refractivity contribution in [3.8, 4) is 0 Å². The average molecular weight is 256 g/mol. The van der Waals surface area contributed by atoms with Crippen LogP contribution in [0.1, 0.15) is 72.6 Å². The Hall–Kier alpha value is -0.570. The Bertz CT molecular complexity index is 221. The lowest BCUT2D eigenvalue weighted by Gasteiger charge is -2.21. The van der Waals surface area contributed by atoms with E-state index in [0.29, 0.717) is 17.9 Å². The Labute approximate surface area is 113 Å². The first-order valence-corrected chi connectivity index (χ1v) is 7.34. The van der Waals surface area contributed by atoms with E-state index in [1.165, 1.54) is 0 Å². The molecular formula is C15H32N2O. The third-order valence-corrected chi connectivity index (χ3v) is 3.09. The fraction of sp³-hybridized carbons (Fsp3) is 0.933. The van der Waals surface area contributed by atoms with Crippen LogP contribution >= 0.6 is 0 Å². The lowest BCUT2D eigenvalue weighted by molar-refractivity contribution is -0.121. The quantitative estimate of drug-likeness (QED) is 0.622. The molecule has 0 bridgehead atoms. The average Bonchev–Trinajstić information content (AvgIpc) is 2.25. The summed E-state index contributed by atoms with van der Waals surface area (Å²) in [7, 11) is 0. The molecule has 0 aromatic rings. The van der Waals surface area contributed by atoms with Crippen molar-refractivity contribution in [2.24, 2.45) is 11.1 Å². The van der Waals surface area contributed by atoms with Crippen molar-refractivity contribution in [2.45, 2.75) is 78.7 Å². The third-order valence-electron chi connectivity index (χ3n) is 3.09. The number of nitrogens with one attached hydrogen (secondary N) is 1. The second kappa shape index (κ2) is 9.37. The number of nitrogens with two attached hydrogens (primary N) is 1. The van der Waals surface area contributed by atoms with Crippen LogP contribution in [0.2, 0.25) is 0 Å². The van der Waals surface area contributed by atoms with Crippen molar-refractivity contribution in [1.29, 1.82) is 0 Å². The first-order chi connectivity index (χ1) is 8.35. The van der Waals surface area contributed by atoms with E-state index < -0.39 is 0 Å². The SMILES string of the molecule is CC(CCC(C)(C)C)NC(=O)CCCCCCN. The molecule has 0 aliphatic rings. The molecule has 0 aromatic carbocycles. The second-order valence-corrected chi connectivity index (χ2v) is 6.52. The second-order valence-electron chi connectivity index (χ2n) is 6.52. The van der Waals surface area contributed by atoms with Crippen LogP contribution in [0.25, 0.3) is 0 Å². The van der Waals surface area contributed by atoms with E-state index in [4.69, 9.17) is 5.73 Å². The Morgan fingerprint density at radius 1 is 1.17 bits per heavy atom. The van der Waals surface area contributed by atoms with Gasteiger partial charge < -0.3 is 11.1 Å². The van der Waals surface area contributed by atoms with E-state index in [1.807, 2.05) is 0 Å². The predicted molar refractivity (Wildman–Crippen MR) is 78.4 cm³/mol. The molecule has 0 aliphatic heterocycles. The lowest BCUT2D eigenvalue weighted by atomic mass is 9.89. The summed E-state index contributed by atoms with van der Waals surface area (Å²) in [6.07, 6.45) is 7.17. The summed E-state index contributed by atoms with van der Waals surface area (Å²) in [4.78, 5) is 11.7. The van der Waals surface area contributed by atoms with Crippen LogP contribution in [0.4, 0.5) is 0 Å². The third kappa shape index (κ3) is 11.9. The first kappa shape index (κ1) is 17.4. The van der Waals surface area contributed by atoms with Crippen LogP contribution in [0.3, 0.4) is 0 Å². The molecule has 0 heterocycles. The number of carbonyl (C=O) groups is 1. The zero-order chi connectivity index (χ0) is 14.0. The number of rotatable bonds is 9. The molecule has 0 saturated heterocycles. The molecule has 1 amide bonds. The maximum atomic E-state index is 11.7. The van der Waals surface area contributed by atoms with Crippen LogP contribution in [-0.2, 0) is 4.79 Å². The highest BCUT2D eigenvalue weighted by molar-refractivity contribution is 5.76. The van der Waals surface area contributed by atoms with Gasteiger partial charge in [-0.3, -0.25) is 4.79 Å². The summed E-state index contributed by atoms with van der Waals surface area (Å²) in [5, 5.41) is 3.08. The minimum atomic E-state index is 0.198. The van der Waals surface area contributed by atoms with E-state index in [-0.39, 0.29) is 5.91 Å². The molecule has 1 unspecified atom stereocenters. The zero-order valence-electron chi connectivity index (χ0n) is 12.7. The molecule has 0 radical (unpaired) electrons. The molecule has 3 nitrogen and oxygen atoms in total. The van der Waals surface area contributed by atoms with Gasteiger partial charge in [-0.05, 0) is 44.6 Å². The highest BCUT2D eigenvalue weighted by atomic mass is 16.1. The number of unbranched alkanes of at least 4 members (excludes halogenated alkanes) is 3. The van der Waals surface area contributed by atoms with Gasteiger partial charge in [-0.15, -0.1) is 0 Å². The van der Waals surface area contributed by atoms with Crippen molar-refractivity contribution in [3.63, 3.8) is 0 Å². The molecule has 3 heteroatoms. The van der Waals surface area contributed by atoms with Crippen molar-refractivity contribution in [3.05, 3.63) is 0 Å². The van der Waals surface area contributed by atoms with Crippen LogP contribution in [-0.4, -0.2) is 18.5 Å². The normalized spacial score (nSPS) is 13.4. The van der Waals surface area contributed by atoms with Gasteiger partial charge in [0.05, 0.1) is 0 Å². The van der Waals surface area contributed by atoms with Gasteiger partial charge in [0.25, 0.3) is 0 Å². The molecule has 18 heavy (non-hydrogen) atoms. The van der Waals surface area contributed by atoms with Crippen LogP contribution < -0.4 is 11.1 Å². The number of amides is 1. The summed E-state index contributed by atoms with van der Waals surface area (Å²) in [6, 6.07) is 0.292. The van der Waals surface area contributed by atoms with Gasteiger partial charge >= 0.3 is 0 Å². The molecular weight excluding hydrogens is 224 g/mol. The summed E-state index contributed by atoms with van der Waals surface area (Å²) in [5.74, 6) is 0.198. The maximum Gasteiger partial charge on any atom is 0.220 e. The Morgan fingerprint density at radius 3 is 2.33 bits per heavy atom. The van der Waals surface area contributed by atoms with Gasteiger partial charge in [0.15, 0.2) is 0 Å². The lowest BCUT2D eigenvalue weighted by Crippen LogP contribution is -2.33. The van der Waals surface area contributed by atoms with Gasteiger partial charge in [0.2, 0.25) is 5.91 Å². The van der Waals surface area contributed by atoms with Crippen LogP contribution in [0, 0.1) is 5.41 Å². The molecule has 108 valence electrons. The van der Waals surface area contributed by atoms with Gasteiger partial charge in [0.1, 0.15) is 0 Å². The Kier molecular flexibility index (Phi) is 9.08. The molecule has 0 aliphatic carbocycles. The Balaban J connectivity index is 3.55. The molecule has 0 fully saturated rings. The molecule has 0 saturated carbocycles. The minimum Gasteiger partial charge on any atom is -0.354 e. The van der Waals surface area contributed by atoms with Crippen LogP contribution in [0.15, 0.2) is 0 Å². The maximum absolute atomic E-state index is 11.7. The van der Waals surface area contributed by atoms with E-state index in [0.717, 1.165) is 45.1 Å².